The van der Waals surface area contributed by atoms with E-state index in [1.165, 1.54) is 27.9 Å². The van der Waals surface area contributed by atoms with Crippen molar-refractivity contribution in [3.8, 4) is 0 Å². The summed E-state index contributed by atoms with van der Waals surface area (Å²) in [4.78, 5) is 0. The zero-order chi connectivity index (χ0) is 9.80. The molecule has 0 aliphatic heterocycles. The van der Waals surface area contributed by atoms with Crippen molar-refractivity contribution in [2.45, 2.75) is 5.75 Å². The molecule has 2 N–H and O–H groups in total. The number of hydrogen-bond donors (Lipinski definition) is 1. The standard InChI is InChI=1S/C9H10N4S.Ag/c10-9-6-11-13(12-9)14-7-8-4-2-1-3-5-8;/h1-6H,7H2,(H2,10,12);/q;+1. The molecule has 0 aliphatic carbocycles. The summed E-state index contributed by atoms with van der Waals surface area (Å²) >= 11 is 1.51. The Hall–Kier alpha value is -0.750. The van der Waals surface area contributed by atoms with E-state index in [2.05, 4.69) is 22.3 Å². The van der Waals surface area contributed by atoms with E-state index in [9.17, 15) is 0 Å². The fraction of sp³-hybridized carbons (Fsp3) is 0.111. The Labute approximate surface area is 108 Å². The van der Waals surface area contributed by atoms with Gasteiger partial charge in [-0.1, -0.05) is 30.3 Å². The average Bonchev–Trinajstić information content (AvgIpc) is 2.63. The molecule has 0 aliphatic rings. The zero-order valence-electron chi connectivity index (χ0n) is 7.80. The maximum Gasteiger partial charge on any atom is 1.00 e. The molecule has 0 atom stereocenters. The van der Waals surface area contributed by atoms with Crippen LogP contribution in [0.1, 0.15) is 5.56 Å². The molecule has 0 unspecified atom stereocenters. The minimum Gasteiger partial charge on any atom is -0.381 e. The second kappa shape index (κ2) is 5.97. The minimum absolute atomic E-state index is 0. The van der Waals surface area contributed by atoms with E-state index in [1.807, 2.05) is 18.2 Å². The molecule has 2 aromatic rings. The first-order chi connectivity index (χ1) is 6.84. The van der Waals surface area contributed by atoms with Crippen LogP contribution in [0.4, 0.5) is 5.82 Å². The SMILES string of the molecule is Nc1cnn(SCc2ccccc2)n1.[Ag+]. The van der Waals surface area contributed by atoms with E-state index >= 15 is 0 Å². The summed E-state index contributed by atoms with van der Waals surface area (Å²) < 4.78 is 1.53. The largest absolute Gasteiger partial charge is 1.00 e. The predicted molar refractivity (Wildman–Crippen MR) is 57.6 cm³/mol. The maximum atomic E-state index is 5.44. The molecule has 4 nitrogen and oxygen atoms in total. The second-order valence-electron chi connectivity index (χ2n) is 2.78. The van der Waals surface area contributed by atoms with Crippen LogP contribution >= 0.6 is 11.9 Å². The quantitative estimate of drug-likeness (QED) is 0.874. The van der Waals surface area contributed by atoms with Crippen LogP contribution in [-0.4, -0.2) is 14.4 Å². The third kappa shape index (κ3) is 3.71. The molecule has 82 valence electrons. The zero-order valence-corrected chi connectivity index (χ0v) is 10.1. The summed E-state index contributed by atoms with van der Waals surface area (Å²) in [6.07, 6.45) is 1.54. The van der Waals surface area contributed by atoms with Gasteiger partial charge in [0.15, 0.2) is 5.82 Å². The van der Waals surface area contributed by atoms with Crippen molar-refractivity contribution in [2.75, 3.05) is 5.73 Å². The van der Waals surface area contributed by atoms with Crippen LogP contribution < -0.4 is 5.73 Å². The number of nitrogens with zero attached hydrogens (tertiary/aromatic N) is 3. The van der Waals surface area contributed by atoms with Gasteiger partial charge in [0.2, 0.25) is 0 Å². The number of hydrogen-bond acceptors (Lipinski definition) is 4. The van der Waals surface area contributed by atoms with Gasteiger partial charge in [0, 0.05) is 17.7 Å². The first-order valence-corrected chi connectivity index (χ1v) is 5.14. The van der Waals surface area contributed by atoms with E-state index in [4.69, 9.17) is 5.73 Å². The third-order valence-electron chi connectivity index (χ3n) is 1.68. The van der Waals surface area contributed by atoms with Gasteiger partial charge in [-0.15, -0.1) is 14.4 Å². The van der Waals surface area contributed by atoms with Gasteiger partial charge in [0.1, 0.15) is 0 Å². The van der Waals surface area contributed by atoms with Crippen LogP contribution in [0.5, 0.6) is 0 Å². The smallest absolute Gasteiger partial charge is 0.381 e. The number of nitrogen functional groups attached to an aromatic ring is 1. The Morgan fingerprint density at radius 3 is 2.60 bits per heavy atom. The van der Waals surface area contributed by atoms with E-state index in [0.717, 1.165) is 5.75 Å². The Bertz CT molecular complexity index is 404. The van der Waals surface area contributed by atoms with Gasteiger partial charge in [0.25, 0.3) is 0 Å². The monoisotopic (exact) mass is 313 g/mol. The molecule has 1 heterocycles. The summed E-state index contributed by atoms with van der Waals surface area (Å²) in [5.41, 5.74) is 6.68. The van der Waals surface area contributed by atoms with Crippen molar-refractivity contribution in [1.29, 1.82) is 0 Å². The number of anilines is 1. The summed E-state index contributed by atoms with van der Waals surface area (Å²) in [7, 11) is 0. The molecule has 2 rings (SSSR count). The van der Waals surface area contributed by atoms with Gasteiger partial charge in [-0.25, -0.2) is 0 Å². The number of rotatable bonds is 3. The molecule has 0 spiro atoms. The molecular weight excluding hydrogens is 304 g/mol. The van der Waals surface area contributed by atoms with Crippen molar-refractivity contribution >= 4 is 17.8 Å². The van der Waals surface area contributed by atoms with Gasteiger partial charge in [-0.2, -0.15) is 0 Å². The van der Waals surface area contributed by atoms with Crippen LogP contribution in [0.2, 0.25) is 0 Å². The van der Waals surface area contributed by atoms with Crippen molar-refractivity contribution in [2.24, 2.45) is 0 Å². The normalized spacial score (nSPS) is 9.60. The van der Waals surface area contributed by atoms with Crippen LogP contribution in [0.25, 0.3) is 0 Å². The van der Waals surface area contributed by atoms with Gasteiger partial charge >= 0.3 is 22.4 Å². The van der Waals surface area contributed by atoms with Gasteiger partial charge in [-0.3, -0.25) is 0 Å². The summed E-state index contributed by atoms with van der Waals surface area (Å²) in [6.45, 7) is 0. The molecule has 6 heteroatoms. The van der Waals surface area contributed by atoms with Crippen molar-refractivity contribution in [1.82, 2.24) is 14.4 Å². The van der Waals surface area contributed by atoms with E-state index in [1.54, 1.807) is 0 Å². The molecule has 0 saturated carbocycles. The minimum atomic E-state index is 0. The van der Waals surface area contributed by atoms with Gasteiger partial charge in [0.05, 0.1) is 6.20 Å². The average molecular weight is 314 g/mol. The molecular formula is C9H10AgN4S+. The van der Waals surface area contributed by atoms with Crippen molar-refractivity contribution < 1.29 is 22.4 Å². The molecule has 1 aromatic carbocycles. The topological polar surface area (TPSA) is 56.7 Å². The summed E-state index contributed by atoms with van der Waals surface area (Å²) in [5.74, 6) is 1.29. The number of nitrogens with two attached hydrogens (primary N) is 1. The van der Waals surface area contributed by atoms with Crippen LogP contribution in [0.3, 0.4) is 0 Å². The molecule has 0 bridgehead atoms. The fourth-order valence-corrected chi connectivity index (χ4v) is 1.75. The molecule has 0 saturated heterocycles. The first kappa shape index (κ1) is 12.3. The van der Waals surface area contributed by atoms with E-state index < -0.39 is 0 Å². The predicted octanol–water partition coefficient (Wildman–Crippen LogP) is 1.55. The van der Waals surface area contributed by atoms with Crippen molar-refractivity contribution in [3.63, 3.8) is 0 Å². The van der Waals surface area contributed by atoms with Crippen molar-refractivity contribution in [3.05, 3.63) is 42.1 Å². The molecule has 0 amide bonds. The van der Waals surface area contributed by atoms with E-state index in [0.29, 0.717) is 5.82 Å². The third-order valence-corrected chi connectivity index (χ3v) is 2.55. The Morgan fingerprint density at radius 1 is 1.27 bits per heavy atom. The van der Waals surface area contributed by atoms with Crippen LogP contribution in [-0.2, 0) is 28.1 Å². The fourth-order valence-electron chi connectivity index (χ4n) is 1.03. The Morgan fingerprint density at radius 2 is 2.00 bits per heavy atom. The molecule has 0 radical (unpaired) electrons. The Kier molecular flexibility index (Phi) is 4.90. The molecule has 0 fully saturated rings. The molecule has 1 aromatic heterocycles. The summed E-state index contributed by atoms with van der Waals surface area (Å²) in [6, 6.07) is 10.2. The first-order valence-electron chi connectivity index (χ1n) is 4.19. The van der Waals surface area contributed by atoms with Crippen LogP contribution in [0, 0.1) is 0 Å². The maximum absolute atomic E-state index is 5.44. The molecule has 15 heavy (non-hydrogen) atoms. The van der Waals surface area contributed by atoms with Gasteiger partial charge in [-0.05, 0) is 5.56 Å². The summed E-state index contributed by atoms with van der Waals surface area (Å²) in [5, 5.41) is 7.95. The van der Waals surface area contributed by atoms with Gasteiger partial charge < -0.3 is 5.73 Å². The Balaban J connectivity index is 0.00000112. The number of aromatic nitrogens is 3. The van der Waals surface area contributed by atoms with Crippen LogP contribution in [0.15, 0.2) is 36.5 Å². The number of benzene rings is 1. The van der Waals surface area contributed by atoms with E-state index in [-0.39, 0.29) is 22.4 Å². The second-order valence-corrected chi connectivity index (χ2v) is 3.65.